The number of hydrogen-bond acceptors (Lipinski definition) is 7. The molecule has 1 heterocycles. The van der Waals surface area contributed by atoms with Crippen molar-refractivity contribution < 1.29 is 28.2 Å². The highest BCUT2D eigenvalue weighted by Gasteiger charge is 2.15. The quantitative estimate of drug-likeness (QED) is 0.570. The molecule has 1 aromatic carbocycles. The number of benzene rings is 1. The molecule has 2 rings (SSSR count). The van der Waals surface area contributed by atoms with Gasteiger partial charge in [-0.1, -0.05) is 0 Å². The summed E-state index contributed by atoms with van der Waals surface area (Å²) in [5.74, 6) is 0.837. The van der Waals surface area contributed by atoms with Crippen molar-refractivity contribution in [2.75, 3.05) is 27.4 Å². The molecule has 0 bridgehead atoms. The van der Waals surface area contributed by atoms with Crippen LogP contribution in [0.2, 0.25) is 0 Å². The summed E-state index contributed by atoms with van der Waals surface area (Å²) in [7, 11) is 2.99. The van der Waals surface area contributed by atoms with Gasteiger partial charge in [-0.3, -0.25) is 4.79 Å². The Morgan fingerprint density at radius 2 is 1.91 bits per heavy atom. The van der Waals surface area contributed by atoms with Crippen LogP contribution in [0.3, 0.4) is 0 Å². The molecular weight excluding hydrogens is 304 g/mol. The summed E-state index contributed by atoms with van der Waals surface area (Å²) in [4.78, 5) is 23.0. The van der Waals surface area contributed by atoms with Crippen molar-refractivity contribution in [3.05, 3.63) is 28.6 Å². The Morgan fingerprint density at radius 3 is 2.57 bits per heavy atom. The molecule has 0 aliphatic rings. The summed E-state index contributed by atoms with van der Waals surface area (Å²) in [5, 5.41) is 0.497. The van der Waals surface area contributed by atoms with E-state index in [-0.39, 0.29) is 30.3 Å². The van der Waals surface area contributed by atoms with Gasteiger partial charge in [0.05, 0.1) is 39.9 Å². The maximum absolute atomic E-state index is 11.7. The number of rotatable bonds is 7. The smallest absolute Gasteiger partial charge is 0.339 e. The fourth-order valence-electron chi connectivity index (χ4n) is 2.08. The maximum atomic E-state index is 11.7. The van der Waals surface area contributed by atoms with E-state index in [0.717, 1.165) is 0 Å². The minimum atomic E-state index is -0.570. The highest BCUT2D eigenvalue weighted by molar-refractivity contribution is 5.90. The normalized spacial score (nSPS) is 10.4. The van der Waals surface area contributed by atoms with Gasteiger partial charge in [-0.2, -0.15) is 0 Å². The Labute approximate surface area is 132 Å². The lowest BCUT2D eigenvalue weighted by molar-refractivity contribution is -0.143. The molecule has 0 radical (unpaired) electrons. The van der Waals surface area contributed by atoms with Crippen molar-refractivity contribution in [3.63, 3.8) is 0 Å². The van der Waals surface area contributed by atoms with E-state index in [1.807, 2.05) is 0 Å². The summed E-state index contributed by atoms with van der Waals surface area (Å²) >= 11 is 0. The van der Waals surface area contributed by atoms with Gasteiger partial charge in [0.1, 0.15) is 28.2 Å². The second-order valence-corrected chi connectivity index (χ2v) is 4.54. The average molecular weight is 322 g/mol. The standard InChI is InChI=1S/C16H18O7/c1-4-21-14(17)5-6-22-12-9-15(18)23-13-8-10(19-2)7-11(20-3)16(12)13/h7-9H,4-6H2,1-3H3. The first-order valence-electron chi connectivity index (χ1n) is 7.07. The summed E-state index contributed by atoms with van der Waals surface area (Å²) in [5.41, 5.74) is -0.293. The number of carbonyl (C=O) groups excluding carboxylic acids is 1. The molecule has 0 N–H and O–H groups in total. The number of fused-ring (bicyclic) bond motifs is 1. The molecule has 0 fully saturated rings. The van der Waals surface area contributed by atoms with Crippen LogP contribution in [0.4, 0.5) is 0 Å². The molecule has 1 aromatic heterocycles. The van der Waals surface area contributed by atoms with E-state index in [1.54, 1.807) is 19.1 Å². The van der Waals surface area contributed by atoms with E-state index in [2.05, 4.69) is 0 Å². The van der Waals surface area contributed by atoms with E-state index < -0.39 is 5.63 Å². The molecule has 0 atom stereocenters. The fraction of sp³-hybridized carbons (Fsp3) is 0.375. The van der Waals surface area contributed by atoms with E-state index >= 15 is 0 Å². The van der Waals surface area contributed by atoms with Gasteiger partial charge < -0.3 is 23.4 Å². The molecule has 0 aliphatic heterocycles. The zero-order valence-electron chi connectivity index (χ0n) is 13.2. The van der Waals surface area contributed by atoms with Gasteiger partial charge in [-0.05, 0) is 6.92 Å². The van der Waals surface area contributed by atoms with Gasteiger partial charge in [-0.15, -0.1) is 0 Å². The van der Waals surface area contributed by atoms with E-state index in [4.69, 9.17) is 23.4 Å². The molecule has 0 unspecified atom stereocenters. The predicted octanol–water partition coefficient (Wildman–Crippen LogP) is 2.14. The molecule has 0 aliphatic carbocycles. The molecule has 124 valence electrons. The molecule has 0 saturated heterocycles. The number of hydrogen-bond donors (Lipinski definition) is 0. The fourth-order valence-corrected chi connectivity index (χ4v) is 2.08. The van der Waals surface area contributed by atoms with Crippen LogP contribution in [0.15, 0.2) is 27.4 Å². The van der Waals surface area contributed by atoms with Gasteiger partial charge in [0.15, 0.2) is 0 Å². The van der Waals surface area contributed by atoms with Crippen LogP contribution >= 0.6 is 0 Å². The second kappa shape index (κ2) is 7.53. The Hall–Kier alpha value is -2.70. The average Bonchev–Trinajstić information content (AvgIpc) is 2.53. The molecule has 0 saturated carbocycles. The minimum absolute atomic E-state index is 0.0760. The van der Waals surface area contributed by atoms with Gasteiger partial charge >= 0.3 is 11.6 Å². The van der Waals surface area contributed by atoms with E-state index in [9.17, 15) is 9.59 Å². The van der Waals surface area contributed by atoms with Gasteiger partial charge in [0.2, 0.25) is 0 Å². The molecule has 7 nitrogen and oxygen atoms in total. The van der Waals surface area contributed by atoms with Crippen LogP contribution in [0.25, 0.3) is 11.0 Å². The first kappa shape index (κ1) is 16.7. The number of carbonyl (C=O) groups is 1. The van der Waals surface area contributed by atoms with Crippen molar-refractivity contribution in [1.82, 2.24) is 0 Å². The van der Waals surface area contributed by atoms with Crippen LogP contribution in [-0.2, 0) is 9.53 Å². The van der Waals surface area contributed by atoms with E-state index in [1.165, 1.54) is 20.3 Å². The Balaban J connectivity index is 2.35. The number of methoxy groups -OCH3 is 2. The molecule has 23 heavy (non-hydrogen) atoms. The van der Waals surface area contributed by atoms with Crippen LogP contribution < -0.4 is 19.8 Å². The molecular formula is C16H18O7. The van der Waals surface area contributed by atoms with Crippen molar-refractivity contribution in [3.8, 4) is 17.2 Å². The van der Waals surface area contributed by atoms with Crippen molar-refractivity contribution in [2.45, 2.75) is 13.3 Å². The lowest BCUT2D eigenvalue weighted by atomic mass is 10.2. The first-order valence-corrected chi connectivity index (χ1v) is 7.07. The third-order valence-corrected chi connectivity index (χ3v) is 3.07. The van der Waals surface area contributed by atoms with Crippen molar-refractivity contribution in [1.29, 1.82) is 0 Å². The van der Waals surface area contributed by atoms with Crippen LogP contribution in [0.5, 0.6) is 17.2 Å². The first-order chi connectivity index (χ1) is 11.1. The van der Waals surface area contributed by atoms with Crippen LogP contribution in [-0.4, -0.2) is 33.4 Å². The van der Waals surface area contributed by atoms with Gasteiger partial charge in [0.25, 0.3) is 0 Å². The molecule has 7 heteroatoms. The summed E-state index contributed by atoms with van der Waals surface area (Å²) in [6, 6.07) is 4.43. The Bertz CT molecular complexity index is 748. The largest absolute Gasteiger partial charge is 0.496 e. The highest BCUT2D eigenvalue weighted by Crippen LogP contribution is 2.36. The topological polar surface area (TPSA) is 84.2 Å². The third-order valence-electron chi connectivity index (χ3n) is 3.07. The lowest BCUT2D eigenvalue weighted by Gasteiger charge is -2.12. The number of esters is 1. The summed E-state index contributed by atoms with van der Waals surface area (Å²) < 4.78 is 26.0. The van der Waals surface area contributed by atoms with Crippen LogP contribution in [0.1, 0.15) is 13.3 Å². The maximum Gasteiger partial charge on any atom is 0.339 e. The molecule has 0 amide bonds. The minimum Gasteiger partial charge on any atom is -0.496 e. The Morgan fingerprint density at radius 1 is 1.13 bits per heavy atom. The zero-order valence-corrected chi connectivity index (χ0v) is 13.2. The second-order valence-electron chi connectivity index (χ2n) is 4.54. The summed E-state index contributed by atoms with van der Waals surface area (Å²) in [6.07, 6.45) is 0.0774. The highest BCUT2D eigenvalue weighted by atomic mass is 16.5. The summed E-state index contributed by atoms with van der Waals surface area (Å²) in [6.45, 7) is 2.11. The van der Waals surface area contributed by atoms with Crippen LogP contribution in [0, 0.1) is 0 Å². The molecule has 0 spiro atoms. The third kappa shape index (κ3) is 3.94. The number of ether oxygens (including phenoxy) is 4. The van der Waals surface area contributed by atoms with Crippen molar-refractivity contribution >= 4 is 16.9 Å². The van der Waals surface area contributed by atoms with Gasteiger partial charge in [0, 0.05) is 12.1 Å². The molecule has 2 aromatic rings. The SMILES string of the molecule is CCOC(=O)CCOc1cc(=O)oc2cc(OC)cc(OC)c12. The zero-order chi connectivity index (χ0) is 16.8. The predicted molar refractivity (Wildman–Crippen MR) is 82.3 cm³/mol. The van der Waals surface area contributed by atoms with Gasteiger partial charge in [-0.25, -0.2) is 4.79 Å². The Kier molecular flexibility index (Phi) is 5.46. The van der Waals surface area contributed by atoms with Crippen molar-refractivity contribution in [2.24, 2.45) is 0 Å². The lowest BCUT2D eigenvalue weighted by Crippen LogP contribution is -2.11. The van der Waals surface area contributed by atoms with E-state index in [0.29, 0.717) is 23.5 Å². The monoisotopic (exact) mass is 322 g/mol.